The van der Waals surface area contributed by atoms with E-state index < -0.39 is 0 Å². The fraction of sp³-hybridized carbons (Fsp3) is 0.381. The average Bonchev–Trinajstić information content (AvgIpc) is 3.18. The third-order valence-electron chi connectivity index (χ3n) is 4.56. The minimum Gasteiger partial charge on any atom is -0.493 e. The smallest absolute Gasteiger partial charge is 0.306 e. The molecule has 1 aliphatic heterocycles. The highest BCUT2D eigenvalue weighted by molar-refractivity contribution is 5.72. The van der Waals surface area contributed by atoms with Crippen LogP contribution in [0.5, 0.6) is 28.7 Å². The lowest BCUT2D eigenvalue weighted by molar-refractivity contribution is -0.143. The van der Waals surface area contributed by atoms with Crippen LogP contribution >= 0.6 is 0 Å². The molecule has 0 radical (unpaired) electrons. The zero-order valence-electron chi connectivity index (χ0n) is 16.4. The molecule has 2 aromatic carbocycles. The summed E-state index contributed by atoms with van der Waals surface area (Å²) in [6, 6.07) is 9.33. The molecule has 0 N–H and O–H groups in total. The van der Waals surface area contributed by atoms with E-state index in [1.54, 1.807) is 28.3 Å². The van der Waals surface area contributed by atoms with Crippen LogP contribution in [0.15, 0.2) is 30.3 Å². The highest BCUT2D eigenvalue weighted by Crippen LogP contribution is 2.43. The third kappa shape index (κ3) is 3.93. The number of rotatable bonds is 8. The molecule has 7 nitrogen and oxygen atoms in total. The molecule has 1 atom stereocenters. The van der Waals surface area contributed by atoms with Crippen molar-refractivity contribution in [2.45, 2.75) is 19.3 Å². The second-order valence-corrected chi connectivity index (χ2v) is 6.13. The van der Waals surface area contributed by atoms with E-state index in [9.17, 15) is 4.79 Å². The highest BCUT2D eigenvalue weighted by atomic mass is 16.7. The number of esters is 1. The summed E-state index contributed by atoms with van der Waals surface area (Å²) in [6.45, 7) is 2.29. The van der Waals surface area contributed by atoms with Gasteiger partial charge in [0.25, 0.3) is 0 Å². The van der Waals surface area contributed by atoms with E-state index in [4.69, 9.17) is 28.4 Å². The number of hydrogen-bond acceptors (Lipinski definition) is 7. The molecule has 0 fully saturated rings. The number of carbonyl (C=O) groups is 1. The maximum absolute atomic E-state index is 12.3. The van der Waals surface area contributed by atoms with Crippen LogP contribution < -0.4 is 23.7 Å². The summed E-state index contributed by atoms with van der Waals surface area (Å²) in [5.74, 6) is 2.29. The number of fused-ring (bicyclic) bond motifs is 1. The van der Waals surface area contributed by atoms with Crippen LogP contribution in [0, 0.1) is 0 Å². The van der Waals surface area contributed by atoms with Gasteiger partial charge >= 0.3 is 5.97 Å². The van der Waals surface area contributed by atoms with Crippen molar-refractivity contribution in [3.8, 4) is 28.7 Å². The number of benzene rings is 2. The van der Waals surface area contributed by atoms with Gasteiger partial charge in [0.05, 0.1) is 34.4 Å². The summed E-state index contributed by atoms with van der Waals surface area (Å²) in [5, 5.41) is 0. The summed E-state index contributed by atoms with van der Waals surface area (Å²) in [5.41, 5.74) is 1.73. The van der Waals surface area contributed by atoms with E-state index in [-0.39, 0.29) is 25.1 Å². The number of methoxy groups -OCH3 is 3. The van der Waals surface area contributed by atoms with Crippen molar-refractivity contribution in [1.82, 2.24) is 0 Å². The van der Waals surface area contributed by atoms with E-state index in [1.807, 2.05) is 30.3 Å². The minimum atomic E-state index is -0.293. The van der Waals surface area contributed by atoms with Gasteiger partial charge in [-0.15, -0.1) is 0 Å². The van der Waals surface area contributed by atoms with Gasteiger partial charge in [-0.25, -0.2) is 0 Å². The van der Waals surface area contributed by atoms with E-state index in [1.165, 1.54) is 0 Å². The molecule has 0 aromatic heterocycles. The predicted molar refractivity (Wildman–Crippen MR) is 102 cm³/mol. The highest BCUT2D eigenvalue weighted by Gasteiger charge is 2.25. The van der Waals surface area contributed by atoms with Crippen LogP contribution in [0.3, 0.4) is 0 Å². The van der Waals surface area contributed by atoms with Crippen LogP contribution in [0.1, 0.15) is 30.4 Å². The zero-order valence-corrected chi connectivity index (χ0v) is 16.4. The van der Waals surface area contributed by atoms with Crippen LogP contribution in [0.25, 0.3) is 0 Å². The minimum absolute atomic E-state index is 0.159. The summed E-state index contributed by atoms with van der Waals surface area (Å²) < 4.78 is 32.4. The van der Waals surface area contributed by atoms with Crippen LogP contribution in [0.4, 0.5) is 0 Å². The Labute approximate surface area is 164 Å². The first-order chi connectivity index (χ1) is 13.6. The number of carbonyl (C=O) groups excluding carboxylic acids is 1. The molecule has 28 heavy (non-hydrogen) atoms. The van der Waals surface area contributed by atoms with Gasteiger partial charge in [-0.2, -0.15) is 0 Å². The zero-order chi connectivity index (χ0) is 20.1. The van der Waals surface area contributed by atoms with Gasteiger partial charge in [0.15, 0.2) is 23.0 Å². The third-order valence-corrected chi connectivity index (χ3v) is 4.56. The molecule has 0 amide bonds. The summed E-state index contributed by atoms with van der Waals surface area (Å²) >= 11 is 0. The van der Waals surface area contributed by atoms with Crippen molar-refractivity contribution < 1.29 is 33.2 Å². The van der Waals surface area contributed by atoms with Gasteiger partial charge in [-0.05, 0) is 42.3 Å². The molecule has 0 saturated heterocycles. The first kappa shape index (κ1) is 19.7. The number of hydrogen-bond donors (Lipinski definition) is 0. The Balaban J connectivity index is 2.07. The monoisotopic (exact) mass is 388 g/mol. The molecule has 0 unspecified atom stereocenters. The van der Waals surface area contributed by atoms with Gasteiger partial charge in [-0.1, -0.05) is 6.07 Å². The van der Waals surface area contributed by atoms with E-state index in [0.717, 1.165) is 11.1 Å². The lowest BCUT2D eigenvalue weighted by atomic mass is 9.88. The van der Waals surface area contributed by atoms with Gasteiger partial charge in [-0.3, -0.25) is 4.79 Å². The van der Waals surface area contributed by atoms with Crippen molar-refractivity contribution in [3.63, 3.8) is 0 Å². The largest absolute Gasteiger partial charge is 0.493 e. The normalized spacial score (nSPS) is 13.0. The molecular weight excluding hydrogens is 364 g/mol. The van der Waals surface area contributed by atoms with Crippen LogP contribution in [-0.4, -0.2) is 40.7 Å². The van der Waals surface area contributed by atoms with Crippen LogP contribution in [0.2, 0.25) is 0 Å². The molecule has 3 rings (SSSR count). The lowest BCUT2D eigenvalue weighted by Crippen LogP contribution is -2.12. The Bertz CT molecular complexity index is 822. The molecule has 0 spiro atoms. The van der Waals surface area contributed by atoms with Crippen molar-refractivity contribution in [2.24, 2.45) is 0 Å². The Kier molecular flexibility index (Phi) is 6.13. The molecule has 7 heteroatoms. The average molecular weight is 388 g/mol. The van der Waals surface area contributed by atoms with Gasteiger partial charge < -0.3 is 28.4 Å². The molecule has 1 aliphatic rings. The summed E-state index contributed by atoms with van der Waals surface area (Å²) in [6.07, 6.45) is 0.159. The standard InChI is InChI=1S/C21H24O7/c1-5-26-20(22)11-15(13-6-7-16-17(8-13)28-12-27-16)14-9-18(23-2)21(25-4)19(10-14)24-3/h6-10,15H,5,11-12H2,1-4H3/t15-/m1/s1. The van der Waals surface area contributed by atoms with E-state index in [2.05, 4.69) is 0 Å². The quantitative estimate of drug-likeness (QED) is 0.641. The van der Waals surface area contributed by atoms with Crippen molar-refractivity contribution in [1.29, 1.82) is 0 Å². The van der Waals surface area contributed by atoms with Crippen molar-refractivity contribution in [3.05, 3.63) is 41.5 Å². The number of ether oxygens (including phenoxy) is 6. The Morgan fingerprint density at radius 1 is 0.964 bits per heavy atom. The predicted octanol–water partition coefficient (Wildman–Crippen LogP) is 3.53. The second kappa shape index (κ2) is 8.73. The Hall–Kier alpha value is -3.09. The lowest BCUT2D eigenvalue weighted by Gasteiger charge is -2.21. The first-order valence-corrected chi connectivity index (χ1v) is 8.96. The maximum atomic E-state index is 12.3. The van der Waals surface area contributed by atoms with Crippen LogP contribution in [-0.2, 0) is 9.53 Å². The SMILES string of the molecule is CCOC(=O)C[C@H](c1ccc2c(c1)OCO2)c1cc(OC)c(OC)c(OC)c1. The Morgan fingerprint density at radius 2 is 1.64 bits per heavy atom. The van der Waals surface area contributed by atoms with Gasteiger partial charge in [0.1, 0.15) is 0 Å². The van der Waals surface area contributed by atoms with Gasteiger partial charge in [0, 0.05) is 5.92 Å². The molecular formula is C21H24O7. The van der Waals surface area contributed by atoms with E-state index in [0.29, 0.717) is 35.4 Å². The van der Waals surface area contributed by atoms with Crippen molar-refractivity contribution >= 4 is 5.97 Å². The second-order valence-electron chi connectivity index (χ2n) is 6.13. The molecule has 0 saturated carbocycles. The fourth-order valence-corrected chi connectivity index (χ4v) is 3.25. The molecule has 0 bridgehead atoms. The van der Waals surface area contributed by atoms with Crippen molar-refractivity contribution in [2.75, 3.05) is 34.7 Å². The molecule has 1 heterocycles. The topological polar surface area (TPSA) is 72.5 Å². The summed E-state index contributed by atoms with van der Waals surface area (Å²) in [7, 11) is 4.66. The first-order valence-electron chi connectivity index (χ1n) is 8.96. The molecule has 150 valence electrons. The Morgan fingerprint density at radius 3 is 2.25 bits per heavy atom. The molecule has 2 aromatic rings. The van der Waals surface area contributed by atoms with E-state index >= 15 is 0 Å². The fourth-order valence-electron chi connectivity index (χ4n) is 3.25. The maximum Gasteiger partial charge on any atom is 0.306 e. The summed E-state index contributed by atoms with van der Waals surface area (Å²) in [4.78, 5) is 12.3. The van der Waals surface area contributed by atoms with Gasteiger partial charge in [0.2, 0.25) is 12.5 Å². The molecule has 0 aliphatic carbocycles.